The number of carbonyl (C=O) groups is 1. The molecule has 0 aromatic carbocycles. The summed E-state index contributed by atoms with van der Waals surface area (Å²) in [7, 11) is 0. The van der Waals surface area contributed by atoms with Crippen molar-refractivity contribution in [1.82, 2.24) is 5.32 Å². The summed E-state index contributed by atoms with van der Waals surface area (Å²) in [5.41, 5.74) is 5.37. The van der Waals surface area contributed by atoms with E-state index >= 15 is 0 Å². The minimum absolute atomic E-state index is 0.0266. The number of nitrogens with one attached hydrogen (secondary N) is 1. The van der Waals surface area contributed by atoms with Crippen molar-refractivity contribution in [3.63, 3.8) is 0 Å². The molecule has 3 N–H and O–H groups in total. The standard InChI is InChI=1S/C11H20N2O/c1-4-6-10(3)13-11(14)9(2)7-5-8-12/h1,9-10H,5-8,12H2,2-3H3,(H,13,14). The highest BCUT2D eigenvalue weighted by Gasteiger charge is 2.13. The third-order valence-electron chi connectivity index (χ3n) is 2.10. The molecule has 0 aliphatic carbocycles. The molecule has 0 heterocycles. The van der Waals surface area contributed by atoms with Gasteiger partial charge in [0.1, 0.15) is 0 Å². The van der Waals surface area contributed by atoms with Crippen molar-refractivity contribution < 1.29 is 4.79 Å². The first-order valence-electron chi connectivity index (χ1n) is 5.05. The highest BCUT2D eigenvalue weighted by Crippen LogP contribution is 2.05. The Morgan fingerprint density at radius 1 is 1.57 bits per heavy atom. The third kappa shape index (κ3) is 5.60. The Balaban J connectivity index is 3.77. The van der Waals surface area contributed by atoms with Gasteiger partial charge in [0.25, 0.3) is 0 Å². The van der Waals surface area contributed by atoms with Crippen molar-refractivity contribution in [3.8, 4) is 12.3 Å². The maximum atomic E-state index is 11.5. The number of hydrogen-bond donors (Lipinski definition) is 2. The average molecular weight is 196 g/mol. The minimum Gasteiger partial charge on any atom is -0.352 e. The van der Waals surface area contributed by atoms with Gasteiger partial charge in [-0.05, 0) is 26.3 Å². The van der Waals surface area contributed by atoms with E-state index in [0.717, 1.165) is 12.8 Å². The molecule has 3 heteroatoms. The smallest absolute Gasteiger partial charge is 0.223 e. The Kier molecular flexibility index (Phi) is 6.87. The molecule has 2 atom stereocenters. The van der Waals surface area contributed by atoms with E-state index in [-0.39, 0.29) is 17.9 Å². The van der Waals surface area contributed by atoms with Crippen LogP contribution in [0.15, 0.2) is 0 Å². The van der Waals surface area contributed by atoms with Gasteiger partial charge < -0.3 is 11.1 Å². The Morgan fingerprint density at radius 2 is 2.21 bits per heavy atom. The quantitative estimate of drug-likeness (QED) is 0.620. The molecular weight excluding hydrogens is 176 g/mol. The highest BCUT2D eigenvalue weighted by molar-refractivity contribution is 5.78. The fourth-order valence-corrected chi connectivity index (χ4v) is 1.17. The summed E-state index contributed by atoms with van der Waals surface area (Å²) < 4.78 is 0. The molecular formula is C11H20N2O. The van der Waals surface area contributed by atoms with Crippen LogP contribution in [0.2, 0.25) is 0 Å². The molecule has 0 aliphatic rings. The zero-order valence-corrected chi connectivity index (χ0v) is 9.05. The van der Waals surface area contributed by atoms with Crippen molar-refractivity contribution in [2.24, 2.45) is 11.7 Å². The number of carbonyl (C=O) groups excluding carboxylic acids is 1. The van der Waals surface area contributed by atoms with Crippen LogP contribution < -0.4 is 11.1 Å². The van der Waals surface area contributed by atoms with Crippen molar-refractivity contribution in [3.05, 3.63) is 0 Å². The van der Waals surface area contributed by atoms with E-state index in [4.69, 9.17) is 12.2 Å². The van der Waals surface area contributed by atoms with Gasteiger partial charge in [0.15, 0.2) is 0 Å². The maximum Gasteiger partial charge on any atom is 0.223 e. The van der Waals surface area contributed by atoms with E-state index < -0.39 is 0 Å². The third-order valence-corrected chi connectivity index (χ3v) is 2.10. The van der Waals surface area contributed by atoms with Gasteiger partial charge in [-0.25, -0.2) is 0 Å². The minimum atomic E-state index is 0.0266. The topological polar surface area (TPSA) is 55.1 Å². The van der Waals surface area contributed by atoms with Gasteiger partial charge in [-0.1, -0.05) is 6.92 Å². The summed E-state index contributed by atoms with van der Waals surface area (Å²) in [5, 5.41) is 2.87. The molecule has 0 radical (unpaired) electrons. The van der Waals surface area contributed by atoms with Gasteiger partial charge in [-0.15, -0.1) is 12.3 Å². The number of nitrogens with two attached hydrogens (primary N) is 1. The summed E-state index contributed by atoms with van der Waals surface area (Å²) in [5.74, 6) is 2.62. The molecule has 14 heavy (non-hydrogen) atoms. The molecule has 2 unspecified atom stereocenters. The van der Waals surface area contributed by atoms with Crippen molar-refractivity contribution in [1.29, 1.82) is 0 Å². The van der Waals surface area contributed by atoms with Gasteiger partial charge in [0, 0.05) is 18.4 Å². The molecule has 0 aromatic heterocycles. The largest absolute Gasteiger partial charge is 0.352 e. The van der Waals surface area contributed by atoms with E-state index in [1.807, 2.05) is 13.8 Å². The van der Waals surface area contributed by atoms with E-state index in [1.165, 1.54) is 0 Å². The maximum absolute atomic E-state index is 11.5. The summed E-state index contributed by atoms with van der Waals surface area (Å²) in [6, 6.07) is 0.0628. The first-order valence-corrected chi connectivity index (χ1v) is 5.05. The average Bonchev–Trinajstić information content (AvgIpc) is 2.14. The predicted molar refractivity (Wildman–Crippen MR) is 58.5 cm³/mol. The molecule has 0 saturated heterocycles. The second-order valence-electron chi connectivity index (χ2n) is 3.65. The Bertz CT molecular complexity index is 208. The van der Waals surface area contributed by atoms with Crippen LogP contribution in [0.3, 0.4) is 0 Å². The number of rotatable bonds is 6. The van der Waals surface area contributed by atoms with Gasteiger partial charge in [-0.2, -0.15) is 0 Å². The van der Waals surface area contributed by atoms with Gasteiger partial charge in [0.2, 0.25) is 5.91 Å². The van der Waals surface area contributed by atoms with Crippen LogP contribution in [0.25, 0.3) is 0 Å². The molecule has 0 saturated carbocycles. The first-order chi connectivity index (χ1) is 6.61. The lowest BCUT2D eigenvalue weighted by Gasteiger charge is -2.15. The summed E-state index contributed by atoms with van der Waals surface area (Å²) >= 11 is 0. The van der Waals surface area contributed by atoms with Crippen molar-refractivity contribution >= 4 is 5.91 Å². The Labute approximate surface area is 86.4 Å². The normalized spacial score (nSPS) is 14.1. The zero-order chi connectivity index (χ0) is 11.0. The van der Waals surface area contributed by atoms with Crippen molar-refractivity contribution in [2.45, 2.75) is 39.2 Å². The lowest BCUT2D eigenvalue weighted by Crippen LogP contribution is -2.36. The molecule has 0 spiro atoms. The van der Waals surface area contributed by atoms with Crippen molar-refractivity contribution in [2.75, 3.05) is 6.54 Å². The van der Waals surface area contributed by atoms with Crippen LogP contribution in [0, 0.1) is 18.3 Å². The summed E-state index contributed by atoms with van der Waals surface area (Å²) in [4.78, 5) is 11.5. The Morgan fingerprint density at radius 3 is 2.71 bits per heavy atom. The fraction of sp³-hybridized carbons (Fsp3) is 0.727. The number of hydrogen-bond acceptors (Lipinski definition) is 2. The molecule has 0 rings (SSSR count). The molecule has 0 fully saturated rings. The molecule has 0 aromatic rings. The van der Waals surface area contributed by atoms with Crippen LogP contribution in [-0.2, 0) is 4.79 Å². The predicted octanol–water partition coefficient (Wildman–Crippen LogP) is 0.889. The van der Waals surface area contributed by atoms with E-state index in [9.17, 15) is 4.79 Å². The van der Waals surface area contributed by atoms with Crippen LogP contribution in [-0.4, -0.2) is 18.5 Å². The molecule has 3 nitrogen and oxygen atoms in total. The van der Waals surface area contributed by atoms with Crippen LogP contribution in [0.4, 0.5) is 0 Å². The SMILES string of the molecule is C#CCC(C)NC(=O)C(C)CCCN. The van der Waals surface area contributed by atoms with E-state index in [0.29, 0.717) is 13.0 Å². The molecule has 0 bridgehead atoms. The Hall–Kier alpha value is -1.01. The van der Waals surface area contributed by atoms with E-state index in [2.05, 4.69) is 11.2 Å². The van der Waals surface area contributed by atoms with E-state index in [1.54, 1.807) is 0 Å². The molecule has 80 valence electrons. The lowest BCUT2D eigenvalue weighted by atomic mass is 10.0. The fourth-order valence-electron chi connectivity index (χ4n) is 1.17. The van der Waals surface area contributed by atoms with Gasteiger partial charge in [0.05, 0.1) is 0 Å². The van der Waals surface area contributed by atoms with Gasteiger partial charge in [-0.3, -0.25) is 4.79 Å². The molecule has 0 aliphatic heterocycles. The van der Waals surface area contributed by atoms with Crippen LogP contribution >= 0.6 is 0 Å². The second kappa shape index (κ2) is 7.40. The number of amides is 1. The summed E-state index contributed by atoms with van der Waals surface area (Å²) in [6.07, 6.45) is 7.45. The van der Waals surface area contributed by atoms with Crippen LogP contribution in [0.1, 0.15) is 33.1 Å². The van der Waals surface area contributed by atoms with Gasteiger partial charge >= 0.3 is 0 Å². The number of terminal acetylenes is 1. The highest BCUT2D eigenvalue weighted by atomic mass is 16.1. The zero-order valence-electron chi connectivity index (χ0n) is 9.05. The monoisotopic (exact) mass is 196 g/mol. The summed E-state index contributed by atoms with van der Waals surface area (Å²) in [6.45, 7) is 4.46. The van der Waals surface area contributed by atoms with Crippen LogP contribution in [0.5, 0.6) is 0 Å². The second-order valence-corrected chi connectivity index (χ2v) is 3.65. The molecule has 1 amide bonds. The lowest BCUT2D eigenvalue weighted by molar-refractivity contribution is -0.125. The first kappa shape index (κ1) is 13.0.